The zero-order valence-electron chi connectivity index (χ0n) is 11.9. The highest BCUT2D eigenvalue weighted by molar-refractivity contribution is 5.82. The zero-order chi connectivity index (χ0) is 14.6. The van der Waals surface area contributed by atoms with Crippen molar-refractivity contribution in [2.24, 2.45) is 0 Å². The van der Waals surface area contributed by atoms with Gasteiger partial charge in [-0.3, -0.25) is 4.90 Å². The first-order chi connectivity index (χ1) is 8.86. The molecule has 110 valence electrons. The molecule has 3 atom stereocenters. The van der Waals surface area contributed by atoms with Gasteiger partial charge in [0.15, 0.2) is 6.04 Å². The van der Waals surface area contributed by atoms with Crippen molar-refractivity contribution in [3.05, 3.63) is 0 Å². The number of carboxylic acids is 1. The molecule has 0 aromatic rings. The number of nitrogens with one attached hydrogen (secondary N) is 1. The Kier molecular flexibility index (Phi) is 5.56. The number of carbonyl (C=O) groups is 2. The van der Waals surface area contributed by atoms with E-state index in [1.165, 1.54) is 7.11 Å². The molecule has 0 bridgehead atoms. The monoisotopic (exact) mass is 273 g/mol. The van der Waals surface area contributed by atoms with Crippen LogP contribution in [0.3, 0.4) is 0 Å². The Morgan fingerprint density at radius 2 is 1.89 bits per heavy atom. The van der Waals surface area contributed by atoms with Crippen LogP contribution in [0.1, 0.15) is 13.8 Å². The van der Waals surface area contributed by atoms with E-state index in [1.807, 2.05) is 20.9 Å². The number of nitrogens with zero attached hydrogens (tertiary/aromatic N) is 2. The van der Waals surface area contributed by atoms with Crippen molar-refractivity contribution >= 4 is 12.0 Å². The molecule has 7 nitrogen and oxygen atoms in total. The van der Waals surface area contributed by atoms with E-state index in [0.29, 0.717) is 13.1 Å². The van der Waals surface area contributed by atoms with Crippen LogP contribution >= 0.6 is 0 Å². The topological polar surface area (TPSA) is 82.1 Å². The van der Waals surface area contributed by atoms with E-state index in [2.05, 4.69) is 10.2 Å². The Bertz CT molecular complexity index is 325. The quantitative estimate of drug-likeness (QED) is 0.742. The van der Waals surface area contributed by atoms with Gasteiger partial charge in [0, 0.05) is 32.3 Å². The first-order valence-corrected chi connectivity index (χ1v) is 6.36. The smallest absolute Gasteiger partial charge is 0.328 e. The number of rotatable bonds is 4. The number of hydrogen-bond acceptors (Lipinski definition) is 4. The Balaban J connectivity index is 2.60. The average molecular weight is 273 g/mol. The molecular weight excluding hydrogens is 250 g/mol. The molecular formula is C12H23N3O4. The maximum atomic E-state index is 12.1. The fourth-order valence-corrected chi connectivity index (χ4v) is 2.15. The molecule has 2 amide bonds. The molecule has 1 aliphatic heterocycles. The van der Waals surface area contributed by atoms with E-state index in [1.54, 1.807) is 4.90 Å². The number of urea groups is 1. The normalized spacial score (nSPS) is 26.0. The van der Waals surface area contributed by atoms with E-state index in [9.17, 15) is 9.59 Å². The summed E-state index contributed by atoms with van der Waals surface area (Å²) in [5, 5.41) is 11.5. The number of methoxy groups -OCH3 is 1. The highest BCUT2D eigenvalue weighted by Crippen LogP contribution is 2.13. The van der Waals surface area contributed by atoms with Crippen LogP contribution < -0.4 is 5.32 Å². The molecule has 0 aromatic carbocycles. The van der Waals surface area contributed by atoms with Crippen molar-refractivity contribution in [1.29, 1.82) is 0 Å². The van der Waals surface area contributed by atoms with Gasteiger partial charge in [0.05, 0.1) is 6.61 Å². The zero-order valence-corrected chi connectivity index (χ0v) is 11.9. The van der Waals surface area contributed by atoms with Gasteiger partial charge in [0.25, 0.3) is 0 Å². The van der Waals surface area contributed by atoms with Gasteiger partial charge in [-0.25, -0.2) is 9.59 Å². The molecule has 0 saturated carbocycles. The summed E-state index contributed by atoms with van der Waals surface area (Å²) >= 11 is 0. The van der Waals surface area contributed by atoms with E-state index in [0.717, 1.165) is 0 Å². The van der Waals surface area contributed by atoms with Crippen LogP contribution in [-0.2, 0) is 9.53 Å². The maximum Gasteiger partial charge on any atom is 0.328 e. The molecule has 19 heavy (non-hydrogen) atoms. The van der Waals surface area contributed by atoms with E-state index in [-0.39, 0.29) is 24.7 Å². The molecule has 0 aliphatic carbocycles. The minimum Gasteiger partial charge on any atom is -0.480 e. The number of hydrogen-bond donors (Lipinski definition) is 2. The number of carboxylic acid groups (broad SMARTS) is 1. The third-order valence-corrected chi connectivity index (χ3v) is 3.58. The van der Waals surface area contributed by atoms with Crippen LogP contribution in [0.2, 0.25) is 0 Å². The SMILES string of the molecule is COCC(NC(=O)N1CC(C)N(C)C(C)C1)C(=O)O. The lowest BCUT2D eigenvalue weighted by molar-refractivity contribution is -0.140. The molecule has 1 fully saturated rings. The van der Waals surface area contributed by atoms with Crippen molar-refractivity contribution in [1.82, 2.24) is 15.1 Å². The molecule has 2 N–H and O–H groups in total. The average Bonchev–Trinajstić information content (AvgIpc) is 2.34. The predicted octanol–water partition coefficient (Wildman–Crippen LogP) is -0.180. The van der Waals surface area contributed by atoms with Crippen LogP contribution in [0.5, 0.6) is 0 Å². The molecule has 1 saturated heterocycles. The third-order valence-electron chi connectivity index (χ3n) is 3.58. The van der Waals surface area contributed by atoms with E-state index < -0.39 is 12.0 Å². The number of carbonyl (C=O) groups excluding carboxylic acids is 1. The van der Waals surface area contributed by atoms with E-state index >= 15 is 0 Å². The van der Waals surface area contributed by atoms with Gasteiger partial charge in [-0.1, -0.05) is 0 Å². The lowest BCUT2D eigenvalue weighted by atomic mass is 10.1. The third kappa shape index (κ3) is 4.07. The first kappa shape index (κ1) is 15.7. The molecule has 1 aliphatic rings. The van der Waals surface area contributed by atoms with E-state index in [4.69, 9.17) is 9.84 Å². The first-order valence-electron chi connectivity index (χ1n) is 6.36. The number of likely N-dealkylation sites (N-methyl/N-ethyl adjacent to an activating group) is 1. The van der Waals surface area contributed by atoms with Gasteiger partial charge in [0.2, 0.25) is 0 Å². The summed E-state index contributed by atoms with van der Waals surface area (Å²) in [6.45, 7) is 5.22. The van der Waals surface area contributed by atoms with Gasteiger partial charge in [-0.2, -0.15) is 0 Å². The van der Waals surface area contributed by atoms with Gasteiger partial charge in [-0.05, 0) is 20.9 Å². The lowest BCUT2D eigenvalue weighted by Crippen LogP contribution is -2.60. The van der Waals surface area contributed by atoms with Crippen molar-refractivity contribution in [3.63, 3.8) is 0 Å². The van der Waals surface area contributed by atoms with Gasteiger partial charge in [-0.15, -0.1) is 0 Å². The Hall–Kier alpha value is -1.34. The molecule has 0 aromatic heterocycles. The highest BCUT2D eigenvalue weighted by atomic mass is 16.5. The van der Waals surface area contributed by atoms with Gasteiger partial charge in [0.1, 0.15) is 0 Å². The summed E-state index contributed by atoms with van der Waals surface area (Å²) in [4.78, 5) is 26.9. The number of amides is 2. The molecule has 7 heteroatoms. The molecule has 1 rings (SSSR count). The fourth-order valence-electron chi connectivity index (χ4n) is 2.15. The molecule has 3 unspecified atom stereocenters. The second-order valence-corrected chi connectivity index (χ2v) is 5.06. The van der Waals surface area contributed by atoms with Gasteiger partial charge >= 0.3 is 12.0 Å². The summed E-state index contributed by atoms with van der Waals surface area (Å²) in [6.07, 6.45) is 0. The highest BCUT2D eigenvalue weighted by Gasteiger charge is 2.31. The minimum absolute atomic E-state index is 0.0417. The Morgan fingerprint density at radius 1 is 1.37 bits per heavy atom. The molecule has 0 spiro atoms. The fraction of sp³-hybridized carbons (Fsp3) is 0.833. The van der Waals surface area contributed by atoms with Gasteiger partial charge < -0.3 is 20.1 Å². The van der Waals surface area contributed by atoms with Crippen molar-refractivity contribution in [3.8, 4) is 0 Å². The largest absolute Gasteiger partial charge is 0.480 e. The maximum absolute atomic E-state index is 12.1. The lowest BCUT2D eigenvalue weighted by Gasteiger charge is -2.42. The van der Waals surface area contributed by atoms with Crippen molar-refractivity contribution in [2.75, 3.05) is 33.9 Å². The summed E-state index contributed by atoms with van der Waals surface area (Å²) in [5.74, 6) is -1.09. The van der Waals surface area contributed by atoms with Crippen LogP contribution in [0.15, 0.2) is 0 Å². The summed E-state index contributed by atoms with van der Waals surface area (Å²) < 4.78 is 4.79. The Labute approximate surface area is 113 Å². The van der Waals surface area contributed by atoms with Crippen LogP contribution in [0.25, 0.3) is 0 Å². The summed E-state index contributed by atoms with van der Waals surface area (Å²) in [7, 11) is 3.43. The summed E-state index contributed by atoms with van der Waals surface area (Å²) in [5.41, 5.74) is 0. The van der Waals surface area contributed by atoms with Crippen molar-refractivity contribution in [2.45, 2.75) is 32.0 Å². The number of ether oxygens (including phenoxy) is 1. The van der Waals surface area contributed by atoms with Crippen LogP contribution in [0, 0.1) is 0 Å². The summed E-state index contributed by atoms with van der Waals surface area (Å²) in [6, 6.07) is -0.862. The standard InChI is InChI=1S/C12H23N3O4/c1-8-5-15(6-9(2)14(8)3)12(18)13-10(7-19-4)11(16)17/h8-10H,5-7H2,1-4H3,(H,13,18)(H,16,17). The second-order valence-electron chi connectivity index (χ2n) is 5.06. The van der Waals surface area contributed by atoms with Crippen LogP contribution in [-0.4, -0.2) is 78.9 Å². The van der Waals surface area contributed by atoms with Crippen LogP contribution in [0.4, 0.5) is 4.79 Å². The molecule has 1 heterocycles. The Morgan fingerprint density at radius 3 is 2.32 bits per heavy atom. The molecule has 0 radical (unpaired) electrons. The minimum atomic E-state index is -1.09. The second kappa shape index (κ2) is 6.72. The predicted molar refractivity (Wildman–Crippen MR) is 70.1 cm³/mol. The number of aliphatic carboxylic acids is 1. The van der Waals surface area contributed by atoms with Crippen molar-refractivity contribution < 1.29 is 19.4 Å². The number of piperazine rings is 1.